The van der Waals surface area contributed by atoms with Crippen molar-refractivity contribution in [2.24, 2.45) is 4.99 Å². The number of aryl methyl sites for hydroxylation is 1. The summed E-state index contributed by atoms with van der Waals surface area (Å²) in [7, 11) is 1.65. The molecule has 0 atom stereocenters. The van der Waals surface area contributed by atoms with Crippen molar-refractivity contribution >= 4 is 56.6 Å². The molecular formula is C18H18N2O2S3. The van der Waals surface area contributed by atoms with Gasteiger partial charge >= 0.3 is 0 Å². The zero-order chi connectivity index (χ0) is 17.6. The molecule has 130 valence electrons. The zero-order valence-electron chi connectivity index (χ0n) is 14.0. The summed E-state index contributed by atoms with van der Waals surface area (Å²) in [5, 5.41) is 1.98. The Bertz CT molecular complexity index is 953. The number of thiophene rings is 1. The summed E-state index contributed by atoms with van der Waals surface area (Å²) in [5.41, 5.74) is 1.08. The summed E-state index contributed by atoms with van der Waals surface area (Å²) < 4.78 is 8.47. The van der Waals surface area contributed by atoms with Crippen molar-refractivity contribution in [3.63, 3.8) is 0 Å². The van der Waals surface area contributed by atoms with Crippen LogP contribution in [0.25, 0.3) is 16.3 Å². The number of hydrogen-bond acceptors (Lipinski definition) is 5. The monoisotopic (exact) mass is 390 g/mol. The molecule has 0 radical (unpaired) electrons. The Morgan fingerprint density at radius 1 is 1.40 bits per heavy atom. The number of benzene rings is 1. The summed E-state index contributed by atoms with van der Waals surface area (Å²) in [4.78, 5) is 18.3. The van der Waals surface area contributed by atoms with Crippen molar-refractivity contribution in [2.75, 3.05) is 19.1 Å². The van der Waals surface area contributed by atoms with Gasteiger partial charge < -0.3 is 9.30 Å². The van der Waals surface area contributed by atoms with Gasteiger partial charge in [0.1, 0.15) is 5.75 Å². The van der Waals surface area contributed by atoms with Crippen molar-refractivity contribution in [1.29, 1.82) is 0 Å². The number of rotatable bonds is 6. The van der Waals surface area contributed by atoms with Gasteiger partial charge in [-0.25, -0.2) is 0 Å². The summed E-state index contributed by atoms with van der Waals surface area (Å²) in [5.74, 6) is 1.52. The molecule has 0 bridgehead atoms. The SMILES string of the molecule is COc1ccc2c(c1)sc(=NC(=O)/C=C/c1cccs1)n2CCSC. The van der Waals surface area contributed by atoms with E-state index in [2.05, 4.69) is 15.8 Å². The van der Waals surface area contributed by atoms with Gasteiger partial charge in [-0.1, -0.05) is 17.4 Å². The van der Waals surface area contributed by atoms with Crippen molar-refractivity contribution < 1.29 is 9.53 Å². The summed E-state index contributed by atoms with van der Waals surface area (Å²) in [6.07, 6.45) is 5.40. The van der Waals surface area contributed by atoms with Crippen LogP contribution in [0, 0.1) is 0 Å². The normalized spacial score (nSPS) is 12.3. The smallest absolute Gasteiger partial charge is 0.272 e. The lowest BCUT2D eigenvalue weighted by Crippen LogP contribution is -2.17. The van der Waals surface area contributed by atoms with Crippen LogP contribution in [0.1, 0.15) is 4.88 Å². The van der Waals surface area contributed by atoms with Gasteiger partial charge in [-0.15, -0.1) is 11.3 Å². The molecule has 0 aliphatic rings. The molecule has 2 heterocycles. The number of thiazole rings is 1. The van der Waals surface area contributed by atoms with Crippen LogP contribution in [0.5, 0.6) is 5.75 Å². The number of methoxy groups -OCH3 is 1. The molecule has 2 aromatic heterocycles. The van der Waals surface area contributed by atoms with Crippen LogP contribution in [-0.2, 0) is 11.3 Å². The molecule has 3 aromatic rings. The molecule has 0 aliphatic carbocycles. The zero-order valence-corrected chi connectivity index (χ0v) is 16.4. The topological polar surface area (TPSA) is 43.6 Å². The molecule has 0 unspecified atom stereocenters. The number of thioether (sulfide) groups is 1. The van der Waals surface area contributed by atoms with Gasteiger partial charge in [0.25, 0.3) is 5.91 Å². The second kappa shape index (κ2) is 8.51. The van der Waals surface area contributed by atoms with Crippen LogP contribution in [0.4, 0.5) is 0 Å². The minimum atomic E-state index is -0.246. The van der Waals surface area contributed by atoms with E-state index in [0.29, 0.717) is 0 Å². The number of carbonyl (C=O) groups is 1. The molecule has 0 saturated heterocycles. The van der Waals surface area contributed by atoms with Gasteiger partial charge in [-0.3, -0.25) is 4.79 Å². The highest BCUT2D eigenvalue weighted by molar-refractivity contribution is 7.98. The van der Waals surface area contributed by atoms with Gasteiger partial charge in [0.05, 0.1) is 17.3 Å². The number of ether oxygens (including phenoxy) is 1. The Labute approximate surface area is 158 Å². The van der Waals surface area contributed by atoms with Crippen LogP contribution >= 0.6 is 34.4 Å². The van der Waals surface area contributed by atoms with E-state index in [-0.39, 0.29) is 5.91 Å². The van der Waals surface area contributed by atoms with Crippen molar-refractivity contribution in [3.8, 4) is 5.75 Å². The molecule has 1 aromatic carbocycles. The molecule has 0 saturated carbocycles. The van der Waals surface area contributed by atoms with E-state index in [1.165, 1.54) is 17.4 Å². The van der Waals surface area contributed by atoms with Crippen molar-refractivity contribution in [2.45, 2.75) is 6.54 Å². The Morgan fingerprint density at radius 2 is 2.28 bits per heavy atom. The van der Waals surface area contributed by atoms with E-state index >= 15 is 0 Å². The Morgan fingerprint density at radius 3 is 3.00 bits per heavy atom. The lowest BCUT2D eigenvalue weighted by molar-refractivity contribution is -0.113. The first-order valence-electron chi connectivity index (χ1n) is 7.68. The largest absolute Gasteiger partial charge is 0.497 e. The highest BCUT2D eigenvalue weighted by atomic mass is 32.2. The van der Waals surface area contributed by atoms with Crippen LogP contribution in [0.3, 0.4) is 0 Å². The molecule has 25 heavy (non-hydrogen) atoms. The van der Waals surface area contributed by atoms with E-state index < -0.39 is 0 Å². The maximum atomic E-state index is 12.2. The van der Waals surface area contributed by atoms with E-state index in [1.807, 2.05) is 35.7 Å². The third-order valence-corrected chi connectivity index (χ3v) is 6.02. The molecule has 0 N–H and O–H groups in total. The molecular weight excluding hydrogens is 372 g/mol. The average molecular weight is 391 g/mol. The second-order valence-corrected chi connectivity index (χ2v) is 8.14. The number of amides is 1. The quantitative estimate of drug-likeness (QED) is 0.590. The van der Waals surface area contributed by atoms with E-state index in [4.69, 9.17) is 4.74 Å². The predicted octanol–water partition coefficient (Wildman–Crippen LogP) is 4.28. The van der Waals surface area contributed by atoms with Crippen LogP contribution in [0.15, 0.2) is 46.8 Å². The second-order valence-electron chi connectivity index (χ2n) is 5.16. The van der Waals surface area contributed by atoms with Gasteiger partial charge in [0.15, 0.2) is 4.80 Å². The van der Waals surface area contributed by atoms with Crippen molar-refractivity contribution in [1.82, 2.24) is 4.57 Å². The molecule has 0 spiro atoms. The molecule has 1 amide bonds. The fraction of sp³-hybridized carbons (Fsp3) is 0.222. The molecule has 0 fully saturated rings. The first-order chi connectivity index (χ1) is 12.2. The fourth-order valence-corrected chi connectivity index (χ4v) is 4.41. The van der Waals surface area contributed by atoms with E-state index in [9.17, 15) is 4.79 Å². The Balaban J connectivity index is 1.99. The molecule has 3 rings (SSSR count). The summed E-state index contributed by atoms with van der Waals surface area (Å²) in [6, 6.07) is 9.88. The standard InChI is InChI=1S/C18H18N2O2S3/c1-22-13-5-7-15-16(12-13)25-18(20(15)9-11-23-2)19-17(21)8-6-14-4-3-10-24-14/h3-8,10,12H,9,11H2,1-2H3/b8-6+,19-18?. The van der Waals surface area contributed by atoms with Gasteiger partial charge in [0.2, 0.25) is 0 Å². The van der Waals surface area contributed by atoms with Crippen molar-refractivity contribution in [3.05, 3.63) is 51.5 Å². The Kier molecular flexibility index (Phi) is 6.12. The van der Waals surface area contributed by atoms with E-state index in [0.717, 1.165) is 37.9 Å². The molecule has 4 nitrogen and oxygen atoms in total. The Hall–Kier alpha value is -1.83. The van der Waals surface area contributed by atoms with Gasteiger partial charge in [-0.05, 0) is 42.0 Å². The lowest BCUT2D eigenvalue weighted by Gasteiger charge is -2.04. The number of aromatic nitrogens is 1. The van der Waals surface area contributed by atoms with Gasteiger partial charge in [-0.2, -0.15) is 16.8 Å². The number of carbonyl (C=O) groups excluding carboxylic acids is 1. The number of nitrogens with zero attached hydrogens (tertiary/aromatic N) is 2. The first kappa shape index (κ1) is 18.0. The molecule has 0 aliphatic heterocycles. The van der Waals surface area contributed by atoms with Crippen LogP contribution < -0.4 is 9.54 Å². The predicted molar refractivity (Wildman–Crippen MR) is 109 cm³/mol. The highest BCUT2D eigenvalue weighted by Crippen LogP contribution is 2.23. The molecule has 7 heteroatoms. The van der Waals surface area contributed by atoms with Crippen LogP contribution in [-0.4, -0.2) is 29.6 Å². The maximum Gasteiger partial charge on any atom is 0.272 e. The summed E-state index contributed by atoms with van der Waals surface area (Å²) in [6.45, 7) is 0.814. The number of fused-ring (bicyclic) bond motifs is 1. The van der Waals surface area contributed by atoms with Gasteiger partial charge in [0, 0.05) is 23.3 Å². The third kappa shape index (κ3) is 4.42. The third-order valence-electron chi connectivity index (χ3n) is 3.55. The maximum absolute atomic E-state index is 12.2. The van der Waals surface area contributed by atoms with Crippen LogP contribution in [0.2, 0.25) is 0 Å². The minimum Gasteiger partial charge on any atom is -0.497 e. The first-order valence-corrected chi connectivity index (χ1v) is 10.8. The fourth-order valence-electron chi connectivity index (χ4n) is 2.34. The van der Waals surface area contributed by atoms with E-state index in [1.54, 1.807) is 36.3 Å². The summed E-state index contributed by atoms with van der Waals surface area (Å²) >= 11 is 4.88. The highest BCUT2D eigenvalue weighted by Gasteiger charge is 2.08. The number of hydrogen-bond donors (Lipinski definition) is 0. The average Bonchev–Trinajstić information content (AvgIpc) is 3.25. The minimum absolute atomic E-state index is 0.246. The lowest BCUT2D eigenvalue weighted by atomic mass is 10.3.